The van der Waals surface area contributed by atoms with Crippen LogP contribution in [-0.2, 0) is 4.74 Å². The number of hydrogen-bond donors (Lipinski definition) is 1. The van der Waals surface area contributed by atoms with E-state index in [1.807, 2.05) is 0 Å². The molecule has 19 heavy (non-hydrogen) atoms. The standard InChI is InChI=1S/C13H16F4O2/c14-12-5-3-10(4-6-12)11(8-18)2-1-7-19-9-13(15,16)17/h3-6,11,18H,1-2,7-9H2. The molecule has 1 N–H and O–H groups in total. The van der Waals surface area contributed by atoms with Crippen molar-refractivity contribution in [3.05, 3.63) is 35.6 Å². The van der Waals surface area contributed by atoms with Gasteiger partial charge in [0.15, 0.2) is 0 Å². The highest BCUT2D eigenvalue weighted by atomic mass is 19.4. The fourth-order valence-electron chi connectivity index (χ4n) is 1.72. The average Bonchev–Trinajstić information content (AvgIpc) is 2.34. The lowest BCUT2D eigenvalue weighted by molar-refractivity contribution is -0.174. The van der Waals surface area contributed by atoms with Crippen molar-refractivity contribution >= 4 is 0 Å². The Morgan fingerprint density at radius 2 is 1.79 bits per heavy atom. The van der Waals surface area contributed by atoms with Crippen LogP contribution in [0.2, 0.25) is 0 Å². The van der Waals surface area contributed by atoms with Crippen molar-refractivity contribution in [3.8, 4) is 0 Å². The van der Waals surface area contributed by atoms with Crippen molar-refractivity contribution in [2.24, 2.45) is 0 Å². The van der Waals surface area contributed by atoms with Crippen LogP contribution in [0, 0.1) is 5.82 Å². The van der Waals surface area contributed by atoms with E-state index < -0.39 is 12.8 Å². The zero-order chi connectivity index (χ0) is 14.3. The highest BCUT2D eigenvalue weighted by Gasteiger charge is 2.27. The monoisotopic (exact) mass is 280 g/mol. The maximum atomic E-state index is 12.7. The molecule has 6 heteroatoms. The molecule has 0 bridgehead atoms. The van der Waals surface area contributed by atoms with Crippen molar-refractivity contribution < 1.29 is 27.4 Å². The summed E-state index contributed by atoms with van der Waals surface area (Å²) >= 11 is 0. The normalized spacial score (nSPS) is 13.5. The summed E-state index contributed by atoms with van der Waals surface area (Å²) in [5.74, 6) is -0.580. The molecule has 0 aliphatic carbocycles. The van der Waals surface area contributed by atoms with Crippen LogP contribution >= 0.6 is 0 Å². The van der Waals surface area contributed by atoms with E-state index in [0.29, 0.717) is 12.8 Å². The number of halogens is 4. The van der Waals surface area contributed by atoms with Crippen LogP contribution in [-0.4, -0.2) is 31.1 Å². The van der Waals surface area contributed by atoms with E-state index in [1.54, 1.807) is 12.1 Å². The van der Waals surface area contributed by atoms with E-state index in [1.165, 1.54) is 12.1 Å². The minimum atomic E-state index is -4.31. The van der Waals surface area contributed by atoms with Crippen molar-refractivity contribution in [2.45, 2.75) is 24.9 Å². The molecular weight excluding hydrogens is 264 g/mol. The van der Waals surface area contributed by atoms with Gasteiger partial charge in [0.2, 0.25) is 0 Å². The Kier molecular flexibility index (Phi) is 6.24. The van der Waals surface area contributed by atoms with E-state index in [9.17, 15) is 22.7 Å². The Hall–Kier alpha value is -1.14. The molecule has 1 aromatic rings. The zero-order valence-corrected chi connectivity index (χ0v) is 10.3. The van der Waals surface area contributed by atoms with E-state index in [-0.39, 0.29) is 24.9 Å². The molecule has 2 nitrogen and oxygen atoms in total. The number of aliphatic hydroxyl groups excluding tert-OH is 1. The minimum Gasteiger partial charge on any atom is -0.396 e. The van der Waals surface area contributed by atoms with Crippen LogP contribution < -0.4 is 0 Å². The third kappa shape index (κ3) is 6.54. The highest BCUT2D eigenvalue weighted by Crippen LogP contribution is 2.21. The largest absolute Gasteiger partial charge is 0.411 e. The number of alkyl halides is 3. The van der Waals surface area contributed by atoms with Gasteiger partial charge in [0.25, 0.3) is 0 Å². The molecule has 0 aliphatic rings. The van der Waals surface area contributed by atoms with Gasteiger partial charge in [-0.1, -0.05) is 12.1 Å². The van der Waals surface area contributed by atoms with E-state index in [0.717, 1.165) is 5.56 Å². The van der Waals surface area contributed by atoms with Crippen LogP contribution in [0.15, 0.2) is 24.3 Å². The van der Waals surface area contributed by atoms with Gasteiger partial charge in [-0.2, -0.15) is 13.2 Å². The van der Waals surface area contributed by atoms with Crippen molar-refractivity contribution in [2.75, 3.05) is 19.8 Å². The van der Waals surface area contributed by atoms with Gasteiger partial charge in [0.05, 0.1) is 0 Å². The minimum absolute atomic E-state index is 0.0167. The number of benzene rings is 1. The molecule has 0 aromatic heterocycles. The second-order valence-corrected chi connectivity index (χ2v) is 4.24. The number of aliphatic hydroxyl groups is 1. The summed E-state index contributed by atoms with van der Waals surface area (Å²) < 4.78 is 52.6. The molecule has 0 heterocycles. The van der Waals surface area contributed by atoms with Crippen LogP contribution in [0.25, 0.3) is 0 Å². The van der Waals surface area contributed by atoms with Gasteiger partial charge in [0, 0.05) is 19.1 Å². The third-order valence-corrected chi connectivity index (χ3v) is 2.67. The van der Waals surface area contributed by atoms with Gasteiger partial charge >= 0.3 is 6.18 Å². The lowest BCUT2D eigenvalue weighted by Crippen LogP contribution is -2.17. The molecule has 0 saturated heterocycles. The first-order chi connectivity index (χ1) is 8.92. The Labute approximate surface area is 109 Å². The maximum Gasteiger partial charge on any atom is 0.411 e. The summed E-state index contributed by atoms with van der Waals surface area (Å²) in [6.07, 6.45) is -3.42. The fourth-order valence-corrected chi connectivity index (χ4v) is 1.72. The lowest BCUT2D eigenvalue weighted by atomic mass is 9.95. The summed E-state index contributed by atoms with van der Waals surface area (Å²) in [6.45, 7) is -1.41. The first kappa shape index (κ1) is 15.9. The Bertz CT molecular complexity index is 362. The smallest absolute Gasteiger partial charge is 0.396 e. The fraction of sp³-hybridized carbons (Fsp3) is 0.538. The Balaban J connectivity index is 2.31. The molecular formula is C13H16F4O2. The van der Waals surface area contributed by atoms with Gasteiger partial charge in [-0.3, -0.25) is 0 Å². The van der Waals surface area contributed by atoms with E-state index in [4.69, 9.17) is 0 Å². The highest BCUT2D eigenvalue weighted by molar-refractivity contribution is 5.20. The van der Waals surface area contributed by atoms with Gasteiger partial charge < -0.3 is 9.84 Å². The first-order valence-electron chi connectivity index (χ1n) is 5.93. The van der Waals surface area contributed by atoms with Gasteiger partial charge in [-0.25, -0.2) is 4.39 Å². The summed E-state index contributed by atoms with van der Waals surface area (Å²) in [7, 11) is 0. The maximum absolute atomic E-state index is 12.7. The molecule has 0 aliphatic heterocycles. The molecule has 1 unspecified atom stereocenters. The summed E-state index contributed by atoms with van der Waals surface area (Å²) in [4.78, 5) is 0. The van der Waals surface area contributed by atoms with Gasteiger partial charge in [-0.05, 0) is 30.5 Å². The SMILES string of the molecule is OCC(CCCOCC(F)(F)F)c1ccc(F)cc1. The molecule has 108 valence electrons. The van der Waals surface area contributed by atoms with E-state index in [2.05, 4.69) is 4.74 Å². The van der Waals surface area contributed by atoms with Gasteiger partial charge in [-0.15, -0.1) is 0 Å². The second kappa shape index (κ2) is 7.45. The first-order valence-corrected chi connectivity index (χ1v) is 5.93. The topological polar surface area (TPSA) is 29.5 Å². The third-order valence-electron chi connectivity index (χ3n) is 2.67. The molecule has 0 amide bonds. The lowest BCUT2D eigenvalue weighted by Gasteiger charge is -2.15. The molecule has 1 rings (SSSR count). The van der Waals surface area contributed by atoms with Crippen LogP contribution in [0.1, 0.15) is 24.3 Å². The Morgan fingerprint density at radius 1 is 1.16 bits per heavy atom. The van der Waals surface area contributed by atoms with Crippen molar-refractivity contribution in [1.82, 2.24) is 0 Å². The molecule has 0 fully saturated rings. The molecule has 0 spiro atoms. The zero-order valence-electron chi connectivity index (χ0n) is 10.3. The second-order valence-electron chi connectivity index (χ2n) is 4.24. The quantitative estimate of drug-likeness (QED) is 0.613. The van der Waals surface area contributed by atoms with Crippen molar-refractivity contribution in [3.63, 3.8) is 0 Å². The molecule has 1 atom stereocenters. The Morgan fingerprint density at radius 3 is 2.32 bits per heavy atom. The van der Waals surface area contributed by atoms with E-state index >= 15 is 0 Å². The van der Waals surface area contributed by atoms with Crippen LogP contribution in [0.4, 0.5) is 17.6 Å². The van der Waals surface area contributed by atoms with Crippen LogP contribution in [0.5, 0.6) is 0 Å². The van der Waals surface area contributed by atoms with Gasteiger partial charge in [0.1, 0.15) is 12.4 Å². The number of ether oxygens (including phenoxy) is 1. The average molecular weight is 280 g/mol. The van der Waals surface area contributed by atoms with Crippen LogP contribution in [0.3, 0.4) is 0 Å². The molecule has 0 saturated carbocycles. The molecule has 0 radical (unpaired) electrons. The summed E-state index contributed by atoms with van der Waals surface area (Å²) in [5, 5.41) is 9.22. The summed E-state index contributed by atoms with van der Waals surface area (Å²) in [5.41, 5.74) is 0.764. The predicted octanol–water partition coefficient (Wildman–Crippen LogP) is 3.26. The summed E-state index contributed by atoms with van der Waals surface area (Å²) in [6, 6.07) is 5.70. The predicted molar refractivity (Wildman–Crippen MR) is 62.3 cm³/mol. The van der Waals surface area contributed by atoms with Crippen molar-refractivity contribution in [1.29, 1.82) is 0 Å². The molecule has 1 aromatic carbocycles. The number of rotatable bonds is 7. The number of hydrogen-bond acceptors (Lipinski definition) is 2.